The lowest BCUT2D eigenvalue weighted by molar-refractivity contribution is 1.18. The predicted molar refractivity (Wildman–Crippen MR) is 410 cm³/mol. The second-order valence-corrected chi connectivity index (χ2v) is 24.6. The molecule has 456 valence electrons. The van der Waals surface area contributed by atoms with Gasteiger partial charge in [0.1, 0.15) is 0 Å². The van der Waals surface area contributed by atoms with Crippen LogP contribution < -0.4 is 0 Å². The number of nitrogens with zero attached hydrogens (tertiary/aromatic N) is 1. The second kappa shape index (κ2) is 27.1. The van der Waals surface area contributed by atoms with Crippen molar-refractivity contribution >= 4 is 55.2 Å². The van der Waals surface area contributed by atoms with Crippen molar-refractivity contribution in [3.63, 3.8) is 0 Å². The topological polar surface area (TPSA) is 4.93 Å². The summed E-state index contributed by atoms with van der Waals surface area (Å²) >= 11 is 0. The quantitative estimate of drug-likeness (QED) is 0.0850. The molecule has 0 spiro atoms. The lowest BCUT2D eigenvalue weighted by Crippen LogP contribution is -1.97. The van der Waals surface area contributed by atoms with E-state index in [0.29, 0.717) is 0 Å². The van der Waals surface area contributed by atoms with Gasteiger partial charge in [-0.15, -0.1) is 0 Å². The van der Waals surface area contributed by atoms with Crippen LogP contribution in [0.4, 0.5) is 0 Å². The van der Waals surface area contributed by atoms with Crippen molar-refractivity contribution in [2.24, 2.45) is 0 Å². The van der Waals surface area contributed by atoms with E-state index < -0.39 is 0 Å². The summed E-state index contributed by atoms with van der Waals surface area (Å²) in [5.41, 5.74) is 31.5. The zero-order valence-electron chi connectivity index (χ0n) is 53.6. The van der Waals surface area contributed by atoms with Crippen LogP contribution in [0.3, 0.4) is 0 Å². The molecule has 0 unspecified atom stereocenters. The Labute approximate surface area is 568 Å². The van der Waals surface area contributed by atoms with Crippen LogP contribution in [0.2, 0.25) is 0 Å². The first-order chi connectivity index (χ1) is 48.1. The van der Waals surface area contributed by atoms with Crippen LogP contribution in [0.1, 0.15) is 66.8 Å². The molecule has 16 rings (SSSR count). The van der Waals surface area contributed by atoms with Crippen LogP contribution in [-0.4, -0.2) is 4.57 Å². The van der Waals surface area contributed by atoms with E-state index in [2.05, 4.69) is 411 Å². The van der Waals surface area contributed by atoms with Gasteiger partial charge in [0.2, 0.25) is 0 Å². The number of hydrogen-bond acceptors (Lipinski definition) is 0. The Bertz CT molecular complexity index is 5110. The number of aromatic nitrogens is 1. The van der Waals surface area contributed by atoms with Crippen LogP contribution in [0.25, 0.3) is 94.3 Å². The highest BCUT2D eigenvalue weighted by atomic mass is 15.0. The van der Waals surface area contributed by atoms with Gasteiger partial charge in [0.15, 0.2) is 0 Å². The van der Waals surface area contributed by atoms with Crippen molar-refractivity contribution in [3.8, 4) is 39.1 Å². The van der Waals surface area contributed by atoms with Gasteiger partial charge in [-0.1, -0.05) is 370 Å². The molecule has 0 aliphatic carbocycles. The highest BCUT2D eigenvalue weighted by Crippen LogP contribution is 2.44. The first kappa shape index (κ1) is 59.3. The standard InChI is InChI=1S/C96H67N/c1-10-28-72(29-11-1)91(73-30-12-2-13-31-73)94(78-40-22-7-23-41-78)81-52-46-68(47-53-81)69-58-62-86(63-59-69)97-89-64-60-84(70-48-54-82(55-49-70)95(79-42-24-8-25-43-79)92(74-32-14-3-15-33-74)75-34-16-4-17-35-75)66-87(89)88-67-85(61-65-90(88)97)71-50-56-83(57-51-71)96(80-44-26-9-27-45-80)93(76-36-18-5-19-37-76)77-38-20-6-21-39-77/h1-67H. The van der Waals surface area contributed by atoms with Gasteiger partial charge in [0.25, 0.3) is 0 Å². The number of rotatable bonds is 16. The van der Waals surface area contributed by atoms with E-state index in [-0.39, 0.29) is 0 Å². The molecule has 0 aliphatic rings. The Kier molecular flexibility index (Phi) is 16.6. The fourth-order valence-electron chi connectivity index (χ4n) is 14.1. The van der Waals surface area contributed by atoms with Crippen LogP contribution >= 0.6 is 0 Å². The van der Waals surface area contributed by atoms with Gasteiger partial charge < -0.3 is 4.57 Å². The molecule has 15 aromatic carbocycles. The lowest BCUT2D eigenvalue weighted by atomic mass is 9.85. The summed E-state index contributed by atoms with van der Waals surface area (Å²) < 4.78 is 2.44. The molecular weight excluding hydrogens is 1170 g/mol. The van der Waals surface area contributed by atoms with Crippen LogP contribution in [0.15, 0.2) is 406 Å². The zero-order valence-corrected chi connectivity index (χ0v) is 53.6. The molecule has 1 aromatic heterocycles. The average molecular weight is 1230 g/mol. The Morgan fingerprint density at radius 1 is 0.144 bits per heavy atom. The Morgan fingerprint density at radius 2 is 0.309 bits per heavy atom. The van der Waals surface area contributed by atoms with Crippen molar-refractivity contribution in [2.75, 3.05) is 0 Å². The number of fused-ring (bicyclic) bond motifs is 3. The SMILES string of the molecule is c1ccc(C(=C(c2ccccc2)c2ccc(-c3ccc(-n4c5ccc(-c6ccc(C(=C(c7ccccc7)c7ccccc7)c7ccccc7)cc6)cc5c5cc(-c6ccc(C(=C(c7ccccc7)c7ccccc7)c7ccccc7)cc6)ccc54)cc3)cc2)c2ccccc2)cc1. The van der Waals surface area contributed by atoms with Gasteiger partial charge in [-0.05, 0) is 170 Å². The maximum atomic E-state index is 2.44. The van der Waals surface area contributed by atoms with E-state index in [1.165, 1.54) is 94.3 Å². The Balaban J connectivity index is 0.808. The molecule has 16 aromatic rings. The van der Waals surface area contributed by atoms with Crippen LogP contribution in [-0.2, 0) is 0 Å². The summed E-state index contributed by atoms with van der Waals surface area (Å²) in [7, 11) is 0. The van der Waals surface area contributed by atoms with Gasteiger partial charge in [0.05, 0.1) is 11.0 Å². The Morgan fingerprint density at radius 3 is 0.515 bits per heavy atom. The molecule has 0 fully saturated rings. The molecule has 97 heavy (non-hydrogen) atoms. The summed E-state index contributed by atoms with van der Waals surface area (Å²) in [5, 5.41) is 2.37. The van der Waals surface area contributed by atoms with Crippen molar-refractivity contribution < 1.29 is 0 Å². The van der Waals surface area contributed by atoms with E-state index in [1.807, 2.05) is 0 Å². The first-order valence-corrected chi connectivity index (χ1v) is 33.4. The molecular formula is C96H67N. The lowest BCUT2D eigenvalue weighted by Gasteiger charge is -2.18. The molecule has 1 heteroatoms. The fourth-order valence-corrected chi connectivity index (χ4v) is 14.1. The number of hydrogen-bond donors (Lipinski definition) is 0. The van der Waals surface area contributed by atoms with Gasteiger partial charge in [-0.2, -0.15) is 0 Å². The average Bonchev–Trinajstić information content (AvgIpc) is 1.62. The normalized spacial score (nSPS) is 11.1. The van der Waals surface area contributed by atoms with Crippen molar-refractivity contribution in [1.82, 2.24) is 4.57 Å². The molecule has 0 bridgehead atoms. The highest BCUT2D eigenvalue weighted by molar-refractivity contribution is 6.12. The van der Waals surface area contributed by atoms with Gasteiger partial charge >= 0.3 is 0 Å². The van der Waals surface area contributed by atoms with Crippen molar-refractivity contribution in [1.29, 1.82) is 0 Å². The second-order valence-electron chi connectivity index (χ2n) is 24.6. The summed E-state index contributed by atoms with van der Waals surface area (Å²) in [6, 6.07) is 148. The predicted octanol–water partition coefficient (Wildman–Crippen LogP) is 24.8. The van der Waals surface area contributed by atoms with E-state index in [1.54, 1.807) is 0 Å². The van der Waals surface area contributed by atoms with Gasteiger partial charge in [-0.25, -0.2) is 0 Å². The fraction of sp³-hybridized carbons (Fsp3) is 0. The summed E-state index contributed by atoms with van der Waals surface area (Å²) in [4.78, 5) is 0. The van der Waals surface area contributed by atoms with E-state index in [9.17, 15) is 0 Å². The molecule has 0 atom stereocenters. The molecule has 0 amide bonds. The molecule has 0 N–H and O–H groups in total. The maximum absolute atomic E-state index is 2.44. The first-order valence-electron chi connectivity index (χ1n) is 33.4. The highest BCUT2D eigenvalue weighted by Gasteiger charge is 2.22. The molecule has 0 radical (unpaired) electrons. The van der Waals surface area contributed by atoms with Crippen LogP contribution in [0, 0.1) is 0 Å². The number of benzene rings is 15. The molecule has 0 aliphatic heterocycles. The van der Waals surface area contributed by atoms with E-state index >= 15 is 0 Å². The minimum absolute atomic E-state index is 1.10. The summed E-state index contributed by atoms with van der Waals surface area (Å²) in [6.07, 6.45) is 0. The van der Waals surface area contributed by atoms with Crippen molar-refractivity contribution in [2.45, 2.75) is 0 Å². The maximum Gasteiger partial charge on any atom is 0.0541 e. The molecule has 1 nitrogen and oxygen atoms in total. The molecule has 1 heterocycles. The Hall–Kier alpha value is -12.7. The zero-order chi connectivity index (χ0) is 64.7. The van der Waals surface area contributed by atoms with E-state index in [4.69, 9.17) is 0 Å². The van der Waals surface area contributed by atoms with Gasteiger partial charge in [-0.3, -0.25) is 0 Å². The summed E-state index contributed by atoms with van der Waals surface area (Å²) in [6.45, 7) is 0. The van der Waals surface area contributed by atoms with Gasteiger partial charge in [0, 0.05) is 16.5 Å². The third-order valence-corrected chi connectivity index (χ3v) is 18.7. The summed E-state index contributed by atoms with van der Waals surface area (Å²) in [5.74, 6) is 0. The monoisotopic (exact) mass is 1230 g/mol. The largest absolute Gasteiger partial charge is 0.309 e. The third-order valence-electron chi connectivity index (χ3n) is 18.7. The minimum atomic E-state index is 1.10. The van der Waals surface area contributed by atoms with Crippen LogP contribution in [0.5, 0.6) is 0 Å². The van der Waals surface area contributed by atoms with E-state index in [0.717, 1.165) is 66.8 Å². The smallest absolute Gasteiger partial charge is 0.0541 e. The third kappa shape index (κ3) is 12.1. The minimum Gasteiger partial charge on any atom is -0.309 e. The molecule has 0 saturated heterocycles. The van der Waals surface area contributed by atoms with Crippen molar-refractivity contribution in [3.05, 3.63) is 473 Å². The molecule has 0 saturated carbocycles.